The van der Waals surface area contributed by atoms with Crippen LogP contribution in [0.3, 0.4) is 0 Å². The zero-order chi connectivity index (χ0) is 18.8. The van der Waals surface area contributed by atoms with E-state index in [4.69, 9.17) is 9.47 Å². The number of aromatic nitrogens is 1. The standard InChI is InChI=1S/C20H23N3O4/c1-26-18-12-15(14-4-2-3-5-16(14)21-18)19(24)22-17-6-9-23(20(17)25)13-7-10-27-11-8-13/h2-5,12-13,17H,6-11H2,1H3,(H,22,24). The van der Waals surface area contributed by atoms with Gasteiger partial charge in [0.15, 0.2) is 0 Å². The first-order chi connectivity index (χ1) is 13.2. The maximum absolute atomic E-state index is 12.9. The number of likely N-dealkylation sites (tertiary alicyclic amines) is 1. The summed E-state index contributed by atoms with van der Waals surface area (Å²) in [4.78, 5) is 32.0. The molecule has 0 radical (unpaired) electrons. The Labute approximate surface area is 157 Å². The smallest absolute Gasteiger partial charge is 0.252 e. The second-order valence-electron chi connectivity index (χ2n) is 6.92. The van der Waals surface area contributed by atoms with Gasteiger partial charge >= 0.3 is 0 Å². The number of nitrogens with one attached hydrogen (secondary N) is 1. The van der Waals surface area contributed by atoms with Gasteiger partial charge in [-0.05, 0) is 25.3 Å². The number of methoxy groups -OCH3 is 1. The predicted molar refractivity (Wildman–Crippen MR) is 99.7 cm³/mol. The molecule has 27 heavy (non-hydrogen) atoms. The van der Waals surface area contributed by atoms with Crippen LogP contribution in [0.25, 0.3) is 10.9 Å². The minimum Gasteiger partial charge on any atom is -0.481 e. The summed E-state index contributed by atoms with van der Waals surface area (Å²) in [7, 11) is 1.52. The van der Waals surface area contributed by atoms with Gasteiger partial charge < -0.3 is 19.7 Å². The number of ether oxygens (including phenoxy) is 2. The molecule has 1 aromatic carbocycles. The first kappa shape index (κ1) is 17.7. The molecule has 2 aromatic rings. The van der Waals surface area contributed by atoms with Crippen molar-refractivity contribution in [2.24, 2.45) is 0 Å². The summed E-state index contributed by atoms with van der Waals surface area (Å²) >= 11 is 0. The monoisotopic (exact) mass is 369 g/mol. The van der Waals surface area contributed by atoms with E-state index >= 15 is 0 Å². The molecule has 2 fully saturated rings. The number of para-hydroxylation sites is 1. The van der Waals surface area contributed by atoms with Crippen molar-refractivity contribution >= 4 is 22.7 Å². The van der Waals surface area contributed by atoms with Crippen LogP contribution in [0.2, 0.25) is 0 Å². The van der Waals surface area contributed by atoms with Crippen LogP contribution in [-0.2, 0) is 9.53 Å². The second kappa shape index (κ2) is 7.52. The van der Waals surface area contributed by atoms with Crippen LogP contribution in [0, 0.1) is 0 Å². The summed E-state index contributed by atoms with van der Waals surface area (Å²) in [5, 5.41) is 3.65. The number of hydrogen-bond donors (Lipinski definition) is 1. The van der Waals surface area contributed by atoms with E-state index in [2.05, 4.69) is 10.3 Å². The van der Waals surface area contributed by atoms with E-state index in [0.29, 0.717) is 43.1 Å². The molecule has 7 heteroatoms. The third-order valence-electron chi connectivity index (χ3n) is 5.32. The molecular formula is C20H23N3O4. The Kier molecular flexibility index (Phi) is 4.94. The second-order valence-corrected chi connectivity index (χ2v) is 6.92. The van der Waals surface area contributed by atoms with Gasteiger partial charge in [0, 0.05) is 37.3 Å². The molecule has 0 bridgehead atoms. The molecule has 4 rings (SSSR count). The van der Waals surface area contributed by atoms with Gasteiger partial charge in [-0.1, -0.05) is 18.2 Å². The van der Waals surface area contributed by atoms with Gasteiger partial charge in [0.1, 0.15) is 6.04 Å². The number of nitrogens with zero attached hydrogens (tertiary/aromatic N) is 2. The Morgan fingerprint density at radius 2 is 2.04 bits per heavy atom. The highest BCUT2D eigenvalue weighted by molar-refractivity contribution is 6.07. The maximum atomic E-state index is 12.9. The number of hydrogen-bond acceptors (Lipinski definition) is 5. The summed E-state index contributed by atoms with van der Waals surface area (Å²) in [5.41, 5.74) is 1.15. The number of carbonyl (C=O) groups is 2. The minimum atomic E-state index is -0.488. The molecular weight excluding hydrogens is 346 g/mol. The van der Waals surface area contributed by atoms with Crippen molar-refractivity contribution in [3.63, 3.8) is 0 Å². The fourth-order valence-electron chi connectivity index (χ4n) is 3.87. The molecule has 2 aliphatic rings. The molecule has 7 nitrogen and oxygen atoms in total. The fraction of sp³-hybridized carbons (Fsp3) is 0.450. The lowest BCUT2D eigenvalue weighted by atomic mass is 10.1. The van der Waals surface area contributed by atoms with Crippen LogP contribution in [0.4, 0.5) is 0 Å². The van der Waals surface area contributed by atoms with Crippen molar-refractivity contribution < 1.29 is 19.1 Å². The number of benzene rings is 1. The largest absolute Gasteiger partial charge is 0.481 e. The van der Waals surface area contributed by atoms with Crippen LogP contribution in [0.1, 0.15) is 29.6 Å². The van der Waals surface area contributed by atoms with Crippen LogP contribution in [0.15, 0.2) is 30.3 Å². The zero-order valence-electron chi connectivity index (χ0n) is 15.3. The molecule has 3 heterocycles. The van der Waals surface area contributed by atoms with Crippen molar-refractivity contribution in [3.05, 3.63) is 35.9 Å². The number of pyridine rings is 1. The minimum absolute atomic E-state index is 0.000534. The van der Waals surface area contributed by atoms with Gasteiger partial charge in [0.2, 0.25) is 11.8 Å². The normalized spacial score (nSPS) is 20.9. The van der Waals surface area contributed by atoms with Crippen LogP contribution >= 0.6 is 0 Å². The highest BCUT2D eigenvalue weighted by Gasteiger charge is 2.37. The Morgan fingerprint density at radius 3 is 2.81 bits per heavy atom. The average molecular weight is 369 g/mol. The summed E-state index contributed by atoms with van der Waals surface area (Å²) in [6.45, 7) is 2.05. The molecule has 142 valence electrons. The van der Waals surface area contributed by atoms with E-state index < -0.39 is 6.04 Å². The van der Waals surface area contributed by atoms with Gasteiger partial charge in [0.05, 0.1) is 18.2 Å². The van der Waals surface area contributed by atoms with Crippen LogP contribution < -0.4 is 10.1 Å². The number of carbonyl (C=O) groups excluding carboxylic acids is 2. The number of rotatable bonds is 4. The topological polar surface area (TPSA) is 80.8 Å². The molecule has 0 aliphatic carbocycles. The number of fused-ring (bicyclic) bond motifs is 1. The summed E-state index contributed by atoms with van der Waals surface area (Å²) in [5.74, 6) is 0.0973. The van der Waals surface area contributed by atoms with E-state index in [0.717, 1.165) is 18.2 Å². The molecule has 2 amide bonds. The van der Waals surface area contributed by atoms with E-state index in [1.807, 2.05) is 29.2 Å². The van der Waals surface area contributed by atoms with Gasteiger partial charge in [-0.2, -0.15) is 0 Å². The first-order valence-corrected chi connectivity index (χ1v) is 9.30. The quantitative estimate of drug-likeness (QED) is 0.888. The highest BCUT2D eigenvalue weighted by Crippen LogP contribution is 2.24. The first-order valence-electron chi connectivity index (χ1n) is 9.30. The van der Waals surface area contributed by atoms with E-state index in [1.165, 1.54) is 7.11 Å². The van der Waals surface area contributed by atoms with Crippen molar-refractivity contribution in [2.75, 3.05) is 26.9 Å². The van der Waals surface area contributed by atoms with Gasteiger partial charge in [-0.25, -0.2) is 4.98 Å². The van der Waals surface area contributed by atoms with Crippen molar-refractivity contribution in [1.29, 1.82) is 0 Å². The van der Waals surface area contributed by atoms with Crippen LogP contribution in [0.5, 0.6) is 5.88 Å². The maximum Gasteiger partial charge on any atom is 0.252 e. The van der Waals surface area contributed by atoms with Crippen molar-refractivity contribution in [1.82, 2.24) is 15.2 Å². The average Bonchev–Trinajstić information content (AvgIpc) is 3.07. The van der Waals surface area contributed by atoms with Crippen molar-refractivity contribution in [3.8, 4) is 5.88 Å². The Bertz CT molecular complexity index is 863. The number of amides is 2. The molecule has 2 saturated heterocycles. The Morgan fingerprint density at radius 1 is 1.26 bits per heavy atom. The third kappa shape index (κ3) is 3.47. The van der Waals surface area contributed by atoms with Crippen molar-refractivity contribution in [2.45, 2.75) is 31.3 Å². The Balaban J connectivity index is 1.53. The molecule has 1 aromatic heterocycles. The lowest BCUT2D eigenvalue weighted by Crippen LogP contribution is -2.46. The zero-order valence-corrected chi connectivity index (χ0v) is 15.3. The molecule has 0 spiro atoms. The SMILES string of the molecule is COc1cc(C(=O)NC2CCN(C3CCOCC3)C2=O)c2ccccc2n1. The summed E-state index contributed by atoms with van der Waals surface area (Å²) < 4.78 is 10.6. The molecule has 0 saturated carbocycles. The predicted octanol–water partition coefficient (Wildman–Crippen LogP) is 1.75. The Hall–Kier alpha value is -2.67. The molecule has 1 unspecified atom stereocenters. The molecule has 1 atom stereocenters. The van der Waals surface area contributed by atoms with E-state index in [-0.39, 0.29) is 17.9 Å². The van der Waals surface area contributed by atoms with Gasteiger partial charge in [0.25, 0.3) is 5.91 Å². The lowest BCUT2D eigenvalue weighted by molar-refractivity contribution is -0.132. The fourth-order valence-corrected chi connectivity index (χ4v) is 3.87. The highest BCUT2D eigenvalue weighted by atomic mass is 16.5. The lowest BCUT2D eigenvalue weighted by Gasteiger charge is -2.31. The van der Waals surface area contributed by atoms with Crippen LogP contribution in [-0.4, -0.2) is 60.7 Å². The summed E-state index contributed by atoms with van der Waals surface area (Å²) in [6.07, 6.45) is 2.35. The molecule has 1 N–H and O–H groups in total. The van der Waals surface area contributed by atoms with Gasteiger partial charge in [-0.15, -0.1) is 0 Å². The van der Waals surface area contributed by atoms with Gasteiger partial charge in [-0.3, -0.25) is 9.59 Å². The molecule has 2 aliphatic heterocycles. The summed E-state index contributed by atoms with van der Waals surface area (Å²) in [6, 6.07) is 8.76. The third-order valence-corrected chi connectivity index (χ3v) is 5.32. The van der Waals surface area contributed by atoms with E-state index in [9.17, 15) is 9.59 Å². The van der Waals surface area contributed by atoms with E-state index in [1.54, 1.807) is 6.07 Å².